The molecule has 2 heterocycles. The summed E-state index contributed by atoms with van der Waals surface area (Å²) in [7, 11) is 0. The molecule has 5 nitrogen and oxygen atoms in total. The molecule has 0 aliphatic heterocycles. The Balaban J connectivity index is 1.59. The smallest absolute Gasteiger partial charge is 0.287 e. The van der Waals surface area contributed by atoms with Crippen LogP contribution in [0.2, 0.25) is 0 Å². The van der Waals surface area contributed by atoms with E-state index in [2.05, 4.69) is 61.2 Å². The molecule has 3 aromatic rings. The zero-order valence-corrected chi connectivity index (χ0v) is 18.4. The number of nitrogens with zero attached hydrogens (tertiary/aromatic N) is 2. The number of rotatable bonds is 6. The van der Waals surface area contributed by atoms with Gasteiger partial charge in [-0.05, 0) is 48.6 Å². The van der Waals surface area contributed by atoms with Crippen LogP contribution in [0.5, 0.6) is 0 Å². The van der Waals surface area contributed by atoms with E-state index in [9.17, 15) is 4.79 Å². The highest BCUT2D eigenvalue weighted by molar-refractivity contribution is 7.98. The van der Waals surface area contributed by atoms with Crippen LogP contribution in [0.25, 0.3) is 0 Å². The van der Waals surface area contributed by atoms with Crippen molar-refractivity contribution in [3.63, 3.8) is 0 Å². The first-order valence-corrected chi connectivity index (χ1v) is 10.6. The highest BCUT2D eigenvalue weighted by atomic mass is 32.2. The van der Waals surface area contributed by atoms with E-state index in [1.54, 1.807) is 30.2 Å². The highest BCUT2D eigenvalue weighted by Gasteiger charge is 2.16. The summed E-state index contributed by atoms with van der Waals surface area (Å²) in [4.78, 5) is 22.0. The van der Waals surface area contributed by atoms with Crippen LogP contribution in [-0.2, 0) is 17.7 Å². The zero-order chi connectivity index (χ0) is 21.0. The number of thioether (sulfide) groups is 1. The third kappa shape index (κ3) is 5.70. The molecule has 0 atom stereocenters. The molecule has 1 aromatic carbocycles. The SMILES string of the molecule is Cc1cnc(CNC(=O)c2ccc(CSc3cc(C(C)(C)C)ccc3C)o2)cn1. The molecule has 1 amide bonds. The Bertz CT molecular complexity index is 988. The molecule has 0 fully saturated rings. The summed E-state index contributed by atoms with van der Waals surface area (Å²) in [5, 5.41) is 2.81. The largest absolute Gasteiger partial charge is 0.455 e. The van der Waals surface area contributed by atoms with Gasteiger partial charge in [-0.2, -0.15) is 0 Å². The molecule has 0 unspecified atom stereocenters. The lowest BCUT2D eigenvalue weighted by atomic mass is 9.87. The quantitative estimate of drug-likeness (QED) is 0.566. The van der Waals surface area contributed by atoms with Crippen molar-refractivity contribution in [1.82, 2.24) is 15.3 Å². The number of benzene rings is 1. The Labute approximate surface area is 176 Å². The molecule has 0 aliphatic rings. The fraction of sp³-hybridized carbons (Fsp3) is 0.348. The Hall–Kier alpha value is -2.60. The number of aryl methyl sites for hydroxylation is 2. The number of furan rings is 1. The lowest BCUT2D eigenvalue weighted by Crippen LogP contribution is -2.22. The van der Waals surface area contributed by atoms with Gasteiger partial charge in [-0.15, -0.1) is 11.8 Å². The maximum absolute atomic E-state index is 12.3. The zero-order valence-electron chi connectivity index (χ0n) is 17.6. The minimum absolute atomic E-state index is 0.112. The van der Waals surface area contributed by atoms with E-state index in [4.69, 9.17) is 4.42 Å². The molecular formula is C23H27N3O2S. The van der Waals surface area contributed by atoms with Gasteiger partial charge in [0.15, 0.2) is 5.76 Å². The minimum atomic E-state index is -0.255. The molecule has 152 valence electrons. The second-order valence-electron chi connectivity index (χ2n) is 8.12. The van der Waals surface area contributed by atoms with Crippen molar-refractivity contribution in [3.8, 4) is 0 Å². The Morgan fingerprint density at radius 1 is 1.10 bits per heavy atom. The van der Waals surface area contributed by atoms with Crippen LogP contribution in [0, 0.1) is 13.8 Å². The number of hydrogen-bond acceptors (Lipinski definition) is 5. The maximum atomic E-state index is 12.3. The van der Waals surface area contributed by atoms with Crippen LogP contribution in [0.1, 0.15) is 59.6 Å². The summed E-state index contributed by atoms with van der Waals surface area (Å²) in [5.74, 6) is 1.50. The van der Waals surface area contributed by atoms with Gasteiger partial charge in [-0.1, -0.05) is 32.9 Å². The number of aromatic nitrogens is 2. The molecule has 29 heavy (non-hydrogen) atoms. The number of carbonyl (C=O) groups excluding carboxylic acids is 1. The van der Waals surface area contributed by atoms with E-state index in [-0.39, 0.29) is 11.3 Å². The summed E-state index contributed by atoms with van der Waals surface area (Å²) in [5.41, 5.74) is 4.22. The second kappa shape index (κ2) is 8.82. The van der Waals surface area contributed by atoms with Crippen LogP contribution in [0.3, 0.4) is 0 Å². The van der Waals surface area contributed by atoms with Gasteiger partial charge < -0.3 is 9.73 Å². The van der Waals surface area contributed by atoms with Crippen molar-refractivity contribution in [2.45, 2.75) is 57.2 Å². The van der Waals surface area contributed by atoms with Gasteiger partial charge in [-0.3, -0.25) is 14.8 Å². The third-order valence-electron chi connectivity index (χ3n) is 4.57. The first-order valence-electron chi connectivity index (χ1n) is 9.61. The molecule has 2 aromatic heterocycles. The predicted octanol–water partition coefficient (Wildman–Crippen LogP) is 5.21. The lowest BCUT2D eigenvalue weighted by Gasteiger charge is -2.20. The minimum Gasteiger partial charge on any atom is -0.455 e. The van der Waals surface area contributed by atoms with Crippen molar-refractivity contribution in [2.75, 3.05) is 0 Å². The molecule has 0 radical (unpaired) electrons. The Morgan fingerprint density at radius 2 is 1.90 bits per heavy atom. The molecule has 3 rings (SSSR count). The van der Waals surface area contributed by atoms with Gasteiger partial charge >= 0.3 is 0 Å². The summed E-state index contributed by atoms with van der Waals surface area (Å²) in [6.45, 7) is 10.9. The van der Waals surface area contributed by atoms with Crippen molar-refractivity contribution < 1.29 is 9.21 Å². The number of amides is 1. The van der Waals surface area contributed by atoms with Crippen molar-refractivity contribution in [1.29, 1.82) is 0 Å². The number of carbonyl (C=O) groups is 1. The van der Waals surface area contributed by atoms with Crippen LogP contribution < -0.4 is 5.32 Å². The van der Waals surface area contributed by atoms with Crippen molar-refractivity contribution in [3.05, 3.63) is 76.8 Å². The Kier molecular flexibility index (Phi) is 6.42. The molecule has 1 N–H and O–H groups in total. The summed E-state index contributed by atoms with van der Waals surface area (Å²) in [6.07, 6.45) is 3.34. The summed E-state index contributed by atoms with van der Waals surface area (Å²) >= 11 is 1.72. The van der Waals surface area contributed by atoms with Crippen LogP contribution in [-0.4, -0.2) is 15.9 Å². The fourth-order valence-corrected chi connectivity index (χ4v) is 3.68. The lowest BCUT2D eigenvalue weighted by molar-refractivity contribution is 0.0921. The van der Waals surface area contributed by atoms with Gasteiger partial charge in [-0.25, -0.2) is 0 Å². The normalized spacial score (nSPS) is 11.5. The summed E-state index contributed by atoms with van der Waals surface area (Å²) < 4.78 is 5.74. The van der Waals surface area contributed by atoms with Gasteiger partial charge in [0.25, 0.3) is 5.91 Å². The molecule has 0 spiro atoms. The monoisotopic (exact) mass is 409 g/mol. The second-order valence-corrected chi connectivity index (χ2v) is 9.13. The fourth-order valence-electron chi connectivity index (χ4n) is 2.72. The molecule has 6 heteroatoms. The molecule has 0 saturated heterocycles. The average Bonchev–Trinajstić information content (AvgIpc) is 3.15. The van der Waals surface area contributed by atoms with Gasteiger partial charge in [0.2, 0.25) is 0 Å². The van der Waals surface area contributed by atoms with E-state index in [0.717, 1.165) is 11.5 Å². The predicted molar refractivity (Wildman–Crippen MR) is 116 cm³/mol. The first-order chi connectivity index (χ1) is 13.7. The van der Waals surface area contributed by atoms with Crippen LogP contribution in [0.4, 0.5) is 0 Å². The maximum Gasteiger partial charge on any atom is 0.287 e. The molecule has 0 bridgehead atoms. The average molecular weight is 410 g/mol. The van der Waals surface area contributed by atoms with Crippen molar-refractivity contribution in [2.24, 2.45) is 0 Å². The van der Waals surface area contributed by atoms with E-state index >= 15 is 0 Å². The summed E-state index contributed by atoms with van der Waals surface area (Å²) in [6, 6.07) is 10.2. The molecule has 0 aliphatic carbocycles. The number of hydrogen-bond donors (Lipinski definition) is 1. The van der Waals surface area contributed by atoms with Gasteiger partial charge in [0.05, 0.1) is 29.9 Å². The van der Waals surface area contributed by atoms with Crippen molar-refractivity contribution >= 4 is 17.7 Å². The van der Waals surface area contributed by atoms with E-state index < -0.39 is 0 Å². The number of nitrogens with one attached hydrogen (secondary N) is 1. The van der Waals surface area contributed by atoms with Crippen LogP contribution >= 0.6 is 11.8 Å². The third-order valence-corrected chi connectivity index (χ3v) is 5.75. The topological polar surface area (TPSA) is 68.0 Å². The highest BCUT2D eigenvalue weighted by Crippen LogP contribution is 2.31. The first kappa shape index (κ1) is 21.1. The molecular weight excluding hydrogens is 382 g/mol. The van der Waals surface area contributed by atoms with E-state index in [1.165, 1.54) is 16.0 Å². The van der Waals surface area contributed by atoms with Gasteiger partial charge in [0, 0.05) is 11.1 Å². The van der Waals surface area contributed by atoms with E-state index in [1.807, 2.05) is 13.0 Å². The Morgan fingerprint density at radius 3 is 2.59 bits per heavy atom. The van der Waals surface area contributed by atoms with Gasteiger partial charge in [0.1, 0.15) is 5.76 Å². The molecule has 0 saturated carbocycles. The standard InChI is InChI=1S/C23H27N3O2S/c1-15-6-7-17(23(3,4)5)10-21(15)29-14-19-8-9-20(28-19)22(27)26-13-18-12-24-16(2)11-25-18/h6-12H,13-14H2,1-5H3,(H,26,27). The van der Waals surface area contributed by atoms with E-state index in [0.29, 0.717) is 23.8 Å². The van der Waals surface area contributed by atoms with Crippen LogP contribution in [0.15, 0.2) is 52.0 Å².